The van der Waals surface area contributed by atoms with Crippen molar-refractivity contribution in [3.8, 4) is 0 Å². The molecule has 2 amide bonds. The Labute approximate surface area is 175 Å². The molecule has 29 heavy (non-hydrogen) atoms. The Bertz CT molecular complexity index is 834. The Morgan fingerprint density at radius 1 is 1.28 bits per heavy atom. The van der Waals surface area contributed by atoms with Crippen LogP contribution in [-0.4, -0.2) is 49.3 Å². The van der Waals surface area contributed by atoms with E-state index < -0.39 is 0 Å². The van der Waals surface area contributed by atoms with Gasteiger partial charge < -0.3 is 25.8 Å². The quantitative estimate of drug-likeness (QED) is 0.655. The van der Waals surface area contributed by atoms with Gasteiger partial charge in [-0.25, -0.2) is 0 Å². The van der Waals surface area contributed by atoms with Crippen molar-refractivity contribution in [2.24, 2.45) is 5.73 Å². The molecule has 1 aromatic heterocycles. The van der Waals surface area contributed by atoms with E-state index in [1.165, 1.54) is 0 Å². The maximum atomic E-state index is 12.8. The van der Waals surface area contributed by atoms with Gasteiger partial charge in [0.2, 0.25) is 0 Å². The van der Waals surface area contributed by atoms with Crippen LogP contribution in [0, 0.1) is 0 Å². The summed E-state index contributed by atoms with van der Waals surface area (Å²) >= 11 is 0. The van der Waals surface area contributed by atoms with Crippen LogP contribution in [0.5, 0.6) is 0 Å². The smallest absolute Gasteiger partial charge is 0.274 e. The lowest BCUT2D eigenvalue weighted by atomic mass is 10.0. The lowest BCUT2D eigenvalue weighted by Gasteiger charge is -2.31. The maximum Gasteiger partial charge on any atom is 0.274 e. The molecule has 1 fully saturated rings. The lowest BCUT2D eigenvalue weighted by Crippen LogP contribution is -2.50. The topological polar surface area (TPSA) is 116 Å². The predicted molar refractivity (Wildman–Crippen MR) is 111 cm³/mol. The Morgan fingerprint density at radius 2 is 2.10 bits per heavy atom. The number of carbonyl (C=O) groups excluding carboxylic acids is 2. The van der Waals surface area contributed by atoms with Crippen LogP contribution < -0.4 is 16.4 Å². The second-order valence-corrected chi connectivity index (χ2v) is 6.51. The van der Waals surface area contributed by atoms with Gasteiger partial charge in [0.1, 0.15) is 5.69 Å². The average Bonchev–Trinajstić information content (AvgIpc) is 2.74. The van der Waals surface area contributed by atoms with E-state index >= 15 is 0 Å². The lowest BCUT2D eigenvalue weighted by molar-refractivity contribution is -0.0349. The highest BCUT2D eigenvalue weighted by Crippen LogP contribution is 2.17. The number of nitrogens with two attached hydrogens (primary N) is 1. The molecule has 4 N–H and O–H groups in total. The van der Waals surface area contributed by atoms with E-state index in [0.29, 0.717) is 24.5 Å². The molecule has 2 aromatic rings. The van der Waals surface area contributed by atoms with E-state index in [2.05, 4.69) is 15.6 Å². The van der Waals surface area contributed by atoms with Gasteiger partial charge in [-0.1, -0.05) is 6.07 Å². The number of rotatable bonds is 6. The molecule has 9 heteroatoms. The fraction of sp³-hybridized carbons (Fsp3) is 0.350. The number of hydrogen-bond donors (Lipinski definition) is 3. The minimum atomic E-state index is -0.360. The summed E-state index contributed by atoms with van der Waals surface area (Å²) in [6.45, 7) is 1.24. The summed E-state index contributed by atoms with van der Waals surface area (Å²) in [7, 11) is 1.62. The molecule has 2 heterocycles. The number of ether oxygens (including phenoxy) is 2. The van der Waals surface area contributed by atoms with Crippen molar-refractivity contribution in [3.63, 3.8) is 0 Å². The van der Waals surface area contributed by atoms with Crippen LogP contribution in [0.2, 0.25) is 0 Å². The number of methoxy groups -OCH3 is 1. The summed E-state index contributed by atoms with van der Waals surface area (Å²) < 4.78 is 10.9. The number of benzene rings is 1. The minimum absolute atomic E-state index is 0. The summed E-state index contributed by atoms with van der Waals surface area (Å²) in [5.41, 5.74) is 7.66. The van der Waals surface area contributed by atoms with Crippen LogP contribution >= 0.6 is 12.4 Å². The highest BCUT2D eigenvalue weighted by Gasteiger charge is 2.27. The molecule has 0 saturated carbocycles. The Balaban J connectivity index is 0.00000300. The molecule has 1 aliphatic heterocycles. The average molecular weight is 421 g/mol. The Hall–Kier alpha value is -2.52. The number of aromatic nitrogens is 1. The maximum absolute atomic E-state index is 12.8. The molecule has 0 radical (unpaired) electrons. The van der Waals surface area contributed by atoms with Crippen molar-refractivity contribution in [1.29, 1.82) is 0 Å². The van der Waals surface area contributed by atoms with E-state index in [-0.39, 0.29) is 48.6 Å². The third kappa shape index (κ3) is 5.98. The van der Waals surface area contributed by atoms with Crippen molar-refractivity contribution in [3.05, 3.63) is 59.4 Å². The molecule has 8 nitrogen and oxygen atoms in total. The number of hydrogen-bond acceptors (Lipinski definition) is 6. The largest absolute Gasteiger partial charge is 0.379 e. The summed E-state index contributed by atoms with van der Waals surface area (Å²) in [5.74, 6) is -0.637. The van der Waals surface area contributed by atoms with Gasteiger partial charge in [-0.2, -0.15) is 0 Å². The fourth-order valence-electron chi connectivity index (χ4n) is 3.09. The van der Waals surface area contributed by atoms with Crippen molar-refractivity contribution < 1.29 is 19.1 Å². The van der Waals surface area contributed by atoms with E-state index in [9.17, 15) is 9.59 Å². The van der Waals surface area contributed by atoms with Crippen LogP contribution in [0.3, 0.4) is 0 Å². The number of anilines is 1. The fourth-order valence-corrected chi connectivity index (χ4v) is 3.09. The Kier molecular flexibility index (Phi) is 8.53. The number of nitrogens with one attached hydrogen (secondary N) is 2. The summed E-state index contributed by atoms with van der Waals surface area (Å²) in [6, 6.07) is 9.90. The third-order valence-corrected chi connectivity index (χ3v) is 4.56. The summed E-state index contributed by atoms with van der Waals surface area (Å²) in [4.78, 5) is 29.1. The van der Waals surface area contributed by atoms with Crippen LogP contribution in [0.1, 0.15) is 32.8 Å². The van der Waals surface area contributed by atoms with E-state index in [1.807, 2.05) is 0 Å². The molecule has 0 unspecified atom stereocenters. The van der Waals surface area contributed by atoms with Crippen LogP contribution in [-0.2, 0) is 16.0 Å². The number of nitrogens with zero attached hydrogens (tertiary/aromatic N) is 1. The molecule has 0 aliphatic carbocycles. The molecule has 2 atom stereocenters. The first kappa shape index (κ1) is 22.8. The normalized spacial score (nSPS) is 18.4. The van der Waals surface area contributed by atoms with Crippen molar-refractivity contribution in [2.75, 3.05) is 25.6 Å². The first-order valence-corrected chi connectivity index (χ1v) is 9.08. The van der Waals surface area contributed by atoms with Crippen molar-refractivity contribution in [1.82, 2.24) is 10.3 Å². The molecule has 1 aliphatic rings. The highest BCUT2D eigenvalue weighted by molar-refractivity contribution is 6.04. The monoisotopic (exact) mass is 420 g/mol. The predicted octanol–water partition coefficient (Wildman–Crippen LogP) is 1.75. The van der Waals surface area contributed by atoms with E-state index in [0.717, 1.165) is 12.0 Å². The van der Waals surface area contributed by atoms with E-state index in [4.69, 9.17) is 15.2 Å². The van der Waals surface area contributed by atoms with Gasteiger partial charge >= 0.3 is 0 Å². The SMILES string of the molecule is CO[C@@H]1CCOC[C@H]1NC(=O)c1cc(CN)cc(NC(=O)c2ccccn2)c1.Cl. The molecular formula is C20H25ClN4O4. The second kappa shape index (κ2) is 10.9. The number of carbonyl (C=O) groups is 2. The molecule has 3 rings (SSSR count). The van der Waals surface area contributed by atoms with Crippen LogP contribution in [0.15, 0.2) is 42.6 Å². The number of amides is 2. The van der Waals surface area contributed by atoms with Crippen molar-refractivity contribution >= 4 is 29.9 Å². The molecular weight excluding hydrogens is 396 g/mol. The van der Waals surface area contributed by atoms with Gasteiger partial charge in [-0.3, -0.25) is 14.6 Å². The zero-order chi connectivity index (χ0) is 19.9. The van der Waals surface area contributed by atoms with E-state index in [1.54, 1.807) is 49.7 Å². The third-order valence-electron chi connectivity index (χ3n) is 4.56. The van der Waals surface area contributed by atoms with Gasteiger partial charge in [-0.15, -0.1) is 12.4 Å². The Morgan fingerprint density at radius 3 is 2.79 bits per heavy atom. The molecule has 1 saturated heterocycles. The van der Waals surface area contributed by atoms with Gasteiger partial charge in [-0.05, 0) is 42.3 Å². The van der Waals surface area contributed by atoms with Gasteiger partial charge in [0, 0.05) is 37.7 Å². The zero-order valence-corrected chi connectivity index (χ0v) is 16.9. The van der Waals surface area contributed by atoms with Crippen LogP contribution in [0.4, 0.5) is 5.69 Å². The van der Waals surface area contributed by atoms with Gasteiger partial charge in [0.15, 0.2) is 0 Å². The summed E-state index contributed by atoms with van der Waals surface area (Å²) in [6.07, 6.45) is 2.16. The molecule has 0 bridgehead atoms. The summed E-state index contributed by atoms with van der Waals surface area (Å²) in [5, 5.41) is 5.71. The second-order valence-electron chi connectivity index (χ2n) is 6.51. The van der Waals surface area contributed by atoms with Gasteiger partial charge in [0.25, 0.3) is 11.8 Å². The zero-order valence-electron chi connectivity index (χ0n) is 16.1. The van der Waals surface area contributed by atoms with Crippen molar-refractivity contribution in [2.45, 2.75) is 25.1 Å². The minimum Gasteiger partial charge on any atom is -0.379 e. The standard InChI is InChI=1S/C20H24N4O4.ClH/c1-27-18-5-7-28-12-17(18)24-19(25)14-8-13(11-21)9-15(10-14)23-20(26)16-4-2-3-6-22-16;/h2-4,6,8-10,17-18H,5,7,11-12,21H2,1H3,(H,23,26)(H,24,25);1H/t17-,18-;/m1./s1. The number of halogens is 1. The first-order chi connectivity index (χ1) is 13.6. The van der Waals surface area contributed by atoms with Crippen LogP contribution in [0.25, 0.3) is 0 Å². The first-order valence-electron chi connectivity index (χ1n) is 9.08. The molecule has 156 valence electrons. The number of pyridine rings is 1. The highest BCUT2D eigenvalue weighted by atomic mass is 35.5. The molecule has 1 aromatic carbocycles. The van der Waals surface area contributed by atoms with Gasteiger partial charge in [0.05, 0.1) is 18.8 Å². The molecule has 0 spiro atoms.